The second-order valence-corrected chi connectivity index (χ2v) is 8.08. The summed E-state index contributed by atoms with van der Waals surface area (Å²) in [5.74, 6) is 1.62. The van der Waals surface area contributed by atoms with Crippen LogP contribution in [-0.4, -0.2) is 34.6 Å². The highest BCUT2D eigenvalue weighted by atomic mass is 127. The van der Waals surface area contributed by atoms with Gasteiger partial charge in [-0.15, -0.1) is 11.6 Å². The zero-order valence-corrected chi connectivity index (χ0v) is 15.6. The molecular formula is C16H21ClIN3. The zero-order valence-electron chi connectivity index (χ0n) is 12.7. The van der Waals surface area contributed by atoms with Gasteiger partial charge in [0, 0.05) is 16.2 Å². The molecule has 0 aliphatic carbocycles. The summed E-state index contributed by atoms with van der Waals surface area (Å²) in [7, 11) is 2.20. The lowest BCUT2D eigenvalue weighted by Crippen LogP contribution is -2.38. The number of likely N-dealkylation sites (tertiary alicyclic amines) is 1. The molecule has 1 saturated heterocycles. The van der Waals surface area contributed by atoms with Gasteiger partial charge in [-0.05, 0) is 73.6 Å². The number of hydrogen-bond donors (Lipinski definition) is 0. The molecule has 0 radical (unpaired) electrons. The molecule has 1 aliphatic rings. The highest BCUT2D eigenvalue weighted by Crippen LogP contribution is 2.35. The molecule has 21 heavy (non-hydrogen) atoms. The third kappa shape index (κ3) is 2.94. The van der Waals surface area contributed by atoms with E-state index >= 15 is 0 Å². The number of benzene rings is 1. The Kier molecular flexibility index (Phi) is 4.48. The first-order valence-corrected chi connectivity index (χ1v) is 8.99. The number of imidazole rings is 1. The number of alkyl halides is 1. The number of hydrogen-bond acceptors (Lipinski definition) is 2. The first-order valence-electron chi connectivity index (χ1n) is 7.47. The summed E-state index contributed by atoms with van der Waals surface area (Å²) in [5, 5.41) is -0.0677. The Morgan fingerprint density at radius 2 is 2.19 bits per heavy atom. The first-order chi connectivity index (χ1) is 9.97. The van der Waals surface area contributed by atoms with Gasteiger partial charge in [0.25, 0.3) is 0 Å². The second-order valence-electron chi connectivity index (χ2n) is 6.18. The Labute approximate surface area is 144 Å². The van der Waals surface area contributed by atoms with Crippen molar-refractivity contribution >= 4 is 45.2 Å². The van der Waals surface area contributed by atoms with E-state index in [9.17, 15) is 0 Å². The van der Waals surface area contributed by atoms with Gasteiger partial charge < -0.3 is 9.47 Å². The van der Waals surface area contributed by atoms with Crippen molar-refractivity contribution in [2.45, 2.75) is 31.7 Å². The lowest BCUT2D eigenvalue weighted by molar-refractivity contribution is 0.159. The fourth-order valence-electron chi connectivity index (χ4n) is 3.45. The minimum Gasteiger partial charge on any atom is -0.323 e. The summed E-state index contributed by atoms with van der Waals surface area (Å²) in [5.41, 5.74) is 2.29. The molecule has 0 saturated carbocycles. The molecule has 2 aromatic rings. The quantitative estimate of drug-likeness (QED) is 0.531. The van der Waals surface area contributed by atoms with Crippen LogP contribution in [0, 0.1) is 9.49 Å². The van der Waals surface area contributed by atoms with E-state index in [4.69, 9.17) is 16.6 Å². The third-order valence-electron chi connectivity index (χ3n) is 4.43. The van der Waals surface area contributed by atoms with Gasteiger partial charge in [-0.2, -0.15) is 0 Å². The average molecular weight is 418 g/mol. The van der Waals surface area contributed by atoms with Crippen LogP contribution < -0.4 is 0 Å². The Morgan fingerprint density at radius 1 is 1.43 bits per heavy atom. The van der Waals surface area contributed by atoms with Crippen molar-refractivity contribution in [3.05, 3.63) is 27.6 Å². The predicted octanol–water partition coefficient (Wildman–Crippen LogP) is 4.45. The van der Waals surface area contributed by atoms with Gasteiger partial charge in [0.05, 0.1) is 16.4 Å². The van der Waals surface area contributed by atoms with Crippen LogP contribution in [0.3, 0.4) is 0 Å². The van der Waals surface area contributed by atoms with Crippen LogP contribution in [0.2, 0.25) is 0 Å². The predicted molar refractivity (Wildman–Crippen MR) is 97.0 cm³/mol. The summed E-state index contributed by atoms with van der Waals surface area (Å²) in [6.07, 6.45) is 1.16. The van der Waals surface area contributed by atoms with E-state index in [1.807, 2.05) is 6.92 Å². The van der Waals surface area contributed by atoms with Gasteiger partial charge >= 0.3 is 0 Å². The molecule has 3 atom stereocenters. The Morgan fingerprint density at radius 3 is 2.86 bits per heavy atom. The van der Waals surface area contributed by atoms with E-state index in [1.165, 1.54) is 9.09 Å². The number of aromatic nitrogens is 2. The molecule has 1 aromatic heterocycles. The smallest absolute Gasteiger partial charge is 0.127 e. The number of fused-ring (bicyclic) bond motifs is 1. The van der Waals surface area contributed by atoms with Gasteiger partial charge in [0.15, 0.2) is 0 Å². The van der Waals surface area contributed by atoms with Crippen molar-refractivity contribution < 1.29 is 0 Å². The normalized spacial score (nSPS) is 25.4. The number of piperidine rings is 1. The Bertz CT molecular complexity index is 652. The van der Waals surface area contributed by atoms with Crippen LogP contribution >= 0.6 is 34.2 Å². The molecule has 0 N–H and O–H groups in total. The maximum absolute atomic E-state index is 6.42. The van der Waals surface area contributed by atoms with E-state index in [0.717, 1.165) is 30.9 Å². The third-order valence-corrected chi connectivity index (χ3v) is 5.30. The molecule has 0 spiro atoms. The molecule has 1 aliphatic heterocycles. The van der Waals surface area contributed by atoms with E-state index in [1.54, 1.807) is 0 Å². The molecule has 2 heterocycles. The fraction of sp³-hybridized carbons (Fsp3) is 0.562. The summed E-state index contributed by atoms with van der Waals surface area (Å²) in [4.78, 5) is 7.22. The van der Waals surface area contributed by atoms with Crippen LogP contribution in [0.25, 0.3) is 11.0 Å². The first kappa shape index (κ1) is 15.6. The molecular weight excluding hydrogens is 397 g/mol. The van der Waals surface area contributed by atoms with Crippen LogP contribution in [0.15, 0.2) is 18.2 Å². The van der Waals surface area contributed by atoms with Crippen molar-refractivity contribution in [3.8, 4) is 0 Å². The fourth-order valence-corrected chi connectivity index (χ4v) is 4.07. The second kappa shape index (κ2) is 6.05. The molecule has 3 rings (SSSR count). The van der Waals surface area contributed by atoms with Crippen LogP contribution in [0.1, 0.15) is 37.5 Å². The molecule has 1 fully saturated rings. The summed E-state index contributed by atoms with van der Waals surface area (Å²) < 4.78 is 3.62. The summed E-state index contributed by atoms with van der Waals surface area (Å²) in [6, 6.07) is 6.98. The van der Waals surface area contributed by atoms with Gasteiger partial charge in [0.1, 0.15) is 5.82 Å². The largest absolute Gasteiger partial charge is 0.323 e. The van der Waals surface area contributed by atoms with E-state index in [2.05, 4.69) is 64.2 Å². The minimum atomic E-state index is -0.0677. The van der Waals surface area contributed by atoms with Gasteiger partial charge in [-0.3, -0.25) is 0 Å². The molecule has 5 heteroatoms. The van der Waals surface area contributed by atoms with Gasteiger partial charge in [0.2, 0.25) is 0 Å². The van der Waals surface area contributed by atoms with Crippen LogP contribution in [-0.2, 0) is 0 Å². The van der Waals surface area contributed by atoms with E-state index in [0.29, 0.717) is 12.0 Å². The summed E-state index contributed by atoms with van der Waals surface area (Å²) >= 11 is 8.76. The average Bonchev–Trinajstić information content (AvgIpc) is 2.77. The van der Waals surface area contributed by atoms with Crippen molar-refractivity contribution in [1.82, 2.24) is 14.5 Å². The highest BCUT2D eigenvalue weighted by molar-refractivity contribution is 14.1. The molecule has 0 bridgehead atoms. The van der Waals surface area contributed by atoms with Crippen molar-refractivity contribution in [2.24, 2.45) is 5.92 Å². The van der Waals surface area contributed by atoms with Crippen molar-refractivity contribution in [1.29, 1.82) is 0 Å². The lowest BCUT2D eigenvalue weighted by atomic mass is 9.93. The molecule has 0 amide bonds. The topological polar surface area (TPSA) is 21.1 Å². The number of halogens is 2. The molecule has 3 nitrogen and oxygen atoms in total. The standard InChI is InChI=1S/C16H21ClIN3/c1-10-9-20(3)7-6-14(10)21-15-5-4-12(18)8-13(15)19-16(21)11(2)17/h4-5,8,10-11,14H,6-7,9H2,1-3H3. The van der Waals surface area contributed by atoms with E-state index in [-0.39, 0.29) is 5.38 Å². The summed E-state index contributed by atoms with van der Waals surface area (Å²) in [6.45, 7) is 6.62. The van der Waals surface area contributed by atoms with Crippen molar-refractivity contribution in [2.75, 3.05) is 20.1 Å². The molecule has 3 unspecified atom stereocenters. The molecule has 114 valence electrons. The highest BCUT2D eigenvalue weighted by Gasteiger charge is 2.29. The number of nitrogens with zero attached hydrogens (tertiary/aromatic N) is 3. The van der Waals surface area contributed by atoms with Crippen molar-refractivity contribution in [3.63, 3.8) is 0 Å². The SMILES string of the molecule is CC(Cl)c1nc2cc(I)ccc2n1C1CCN(C)CC1C. The zero-order chi connectivity index (χ0) is 15.1. The maximum Gasteiger partial charge on any atom is 0.127 e. The van der Waals surface area contributed by atoms with E-state index < -0.39 is 0 Å². The Hall–Kier alpha value is -0.330. The monoisotopic (exact) mass is 417 g/mol. The van der Waals surface area contributed by atoms with Gasteiger partial charge in [-0.25, -0.2) is 4.98 Å². The maximum atomic E-state index is 6.42. The Balaban J connectivity index is 2.13. The van der Waals surface area contributed by atoms with Gasteiger partial charge in [-0.1, -0.05) is 6.92 Å². The molecule has 1 aromatic carbocycles. The van der Waals surface area contributed by atoms with Crippen LogP contribution in [0.4, 0.5) is 0 Å². The number of rotatable bonds is 2. The van der Waals surface area contributed by atoms with Crippen LogP contribution in [0.5, 0.6) is 0 Å². The minimum absolute atomic E-state index is 0.0677. The lowest BCUT2D eigenvalue weighted by Gasteiger charge is -2.36.